The lowest BCUT2D eigenvalue weighted by molar-refractivity contribution is 0.174. The van der Waals surface area contributed by atoms with Gasteiger partial charge in [-0.25, -0.2) is 4.98 Å². The van der Waals surface area contributed by atoms with E-state index in [9.17, 15) is 0 Å². The fourth-order valence-corrected chi connectivity index (χ4v) is 2.40. The van der Waals surface area contributed by atoms with Crippen molar-refractivity contribution in [3.05, 3.63) is 42.9 Å². The van der Waals surface area contributed by atoms with E-state index in [4.69, 9.17) is 14.2 Å². The molecule has 0 spiro atoms. The van der Waals surface area contributed by atoms with Crippen molar-refractivity contribution in [2.75, 3.05) is 13.9 Å². The SMILES string of the molecule is COc1cc2c(cc1-c1ccc3nccn3c1)OCO2. The molecule has 3 aromatic rings. The number of pyridine rings is 1. The molecule has 0 fully saturated rings. The lowest BCUT2D eigenvalue weighted by atomic mass is 10.1. The molecule has 1 aliphatic heterocycles. The third-order valence-corrected chi connectivity index (χ3v) is 3.39. The molecule has 0 saturated carbocycles. The minimum Gasteiger partial charge on any atom is -0.496 e. The Morgan fingerprint density at radius 1 is 1.20 bits per heavy atom. The van der Waals surface area contributed by atoms with E-state index in [-0.39, 0.29) is 6.79 Å². The average molecular weight is 268 g/mol. The summed E-state index contributed by atoms with van der Waals surface area (Å²) in [5.41, 5.74) is 2.91. The van der Waals surface area contributed by atoms with Gasteiger partial charge in [-0.15, -0.1) is 0 Å². The Labute approximate surface area is 115 Å². The van der Waals surface area contributed by atoms with E-state index < -0.39 is 0 Å². The highest BCUT2D eigenvalue weighted by Gasteiger charge is 2.18. The first-order valence-corrected chi connectivity index (χ1v) is 6.26. The summed E-state index contributed by atoms with van der Waals surface area (Å²) in [4.78, 5) is 4.24. The van der Waals surface area contributed by atoms with Crippen LogP contribution in [-0.2, 0) is 0 Å². The largest absolute Gasteiger partial charge is 0.496 e. The standard InChI is InChI=1S/C15H12N2O3/c1-18-12-7-14-13(19-9-20-14)6-11(12)10-2-3-15-16-4-5-17(15)8-10/h2-8H,9H2,1H3. The van der Waals surface area contributed by atoms with Crippen molar-refractivity contribution in [2.24, 2.45) is 0 Å². The van der Waals surface area contributed by atoms with Crippen LogP contribution in [0, 0.1) is 0 Å². The van der Waals surface area contributed by atoms with Crippen molar-refractivity contribution in [3.63, 3.8) is 0 Å². The molecule has 4 rings (SSSR count). The quantitative estimate of drug-likeness (QED) is 0.717. The molecule has 1 aromatic carbocycles. The van der Waals surface area contributed by atoms with Gasteiger partial charge < -0.3 is 18.6 Å². The first-order chi connectivity index (χ1) is 9.85. The second-order valence-electron chi connectivity index (χ2n) is 4.52. The van der Waals surface area contributed by atoms with Crippen LogP contribution in [-0.4, -0.2) is 23.3 Å². The van der Waals surface area contributed by atoms with Gasteiger partial charge >= 0.3 is 0 Å². The summed E-state index contributed by atoms with van der Waals surface area (Å²) in [6, 6.07) is 7.79. The van der Waals surface area contributed by atoms with Gasteiger partial charge in [-0.1, -0.05) is 0 Å². The number of imidazole rings is 1. The molecule has 0 bridgehead atoms. The summed E-state index contributed by atoms with van der Waals surface area (Å²) in [5.74, 6) is 2.22. The van der Waals surface area contributed by atoms with Gasteiger partial charge in [-0.2, -0.15) is 0 Å². The van der Waals surface area contributed by atoms with E-state index in [0.29, 0.717) is 5.75 Å². The summed E-state index contributed by atoms with van der Waals surface area (Å²) in [6.07, 6.45) is 5.71. The first kappa shape index (κ1) is 11.2. The number of aromatic nitrogens is 2. The highest BCUT2D eigenvalue weighted by Crippen LogP contribution is 2.42. The number of benzene rings is 1. The number of hydrogen-bond acceptors (Lipinski definition) is 4. The third kappa shape index (κ3) is 1.60. The van der Waals surface area contributed by atoms with Crippen molar-refractivity contribution in [1.29, 1.82) is 0 Å². The number of nitrogens with zero attached hydrogens (tertiary/aromatic N) is 2. The maximum Gasteiger partial charge on any atom is 0.231 e. The van der Waals surface area contributed by atoms with E-state index in [0.717, 1.165) is 28.3 Å². The number of ether oxygens (including phenoxy) is 3. The Bertz CT molecular complexity index is 795. The highest BCUT2D eigenvalue weighted by molar-refractivity contribution is 5.75. The Morgan fingerprint density at radius 2 is 2.05 bits per heavy atom. The van der Waals surface area contributed by atoms with Crippen LogP contribution in [0.15, 0.2) is 42.9 Å². The smallest absolute Gasteiger partial charge is 0.231 e. The zero-order valence-corrected chi connectivity index (χ0v) is 10.9. The van der Waals surface area contributed by atoms with Crippen LogP contribution in [0.5, 0.6) is 17.2 Å². The predicted octanol–water partition coefficient (Wildman–Crippen LogP) is 2.74. The van der Waals surface area contributed by atoms with Crippen LogP contribution < -0.4 is 14.2 Å². The number of rotatable bonds is 2. The second kappa shape index (κ2) is 4.16. The first-order valence-electron chi connectivity index (χ1n) is 6.26. The summed E-state index contributed by atoms with van der Waals surface area (Å²) in [5, 5.41) is 0. The minimum atomic E-state index is 0.252. The third-order valence-electron chi connectivity index (χ3n) is 3.39. The molecule has 20 heavy (non-hydrogen) atoms. The summed E-state index contributed by atoms with van der Waals surface area (Å²) in [7, 11) is 1.65. The Morgan fingerprint density at radius 3 is 2.90 bits per heavy atom. The lowest BCUT2D eigenvalue weighted by Gasteiger charge is -2.10. The fourth-order valence-electron chi connectivity index (χ4n) is 2.40. The van der Waals surface area contributed by atoms with Crippen LogP contribution in [0.1, 0.15) is 0 Å². The molecule has 0 aliphatic carbocycles. The summed E-state index contributed by atoms with van der Waals surface area (Å²) >= 11 is 0. The van der Waals surface area contributed by atoms with Crippen LogP contribution >= 0.6 is 0 Å². The number of methoxy groups -OCH3 is 1. The van der Waals surface area contributed by atoms with Crippen LogP contribution in [0.3, 0.4) is 0 Å². The molecule has 0 N–H and O–H groups in total. The lowest BCUT2D eigenvalue weighted by Crippen LogP contribution is -1.92. The van der Waals surface area contributed by atoms with Crippen molar-refractivity contribution in [3.8, 4) is 28.4 Å². The van der Waals surface area contributed by atoms with Gasteiger partial charge in [-0.05, 0) is 18.2 Å². The molecule has 0 radical (unpaired) electrons. The molecule has 0 amide bonds. The minimum absolute atomic E-state index is 0.252. The van der Waals surface area contributed by atoms with Crippen LogP contribution in [0.4, 0.5) is 0 Å². The van der Waals surface area contributed by atoms with E-state index >= 15 is 0 Å². The molecule has 5 heteroatoms. The highest BCUT2D eigenvalue weighted by atomic mass is 16.7. The molecule has 1 aliphatic rings. The van der Waals surface area contributed by atoms with Gasteiger partial charge in [0.1, 0.15) is 11.4 Å². The maximum atomic E-state index is 5.46. The Balaban J connectivity index is 1.91. The molecule has 5 nitrogen and oxygen atoms in total. The van der Waals surface area contributed by atoms with Crippen molar-refractivity contribution in [2.45, 2.75) is 0 Å². The number of hydrogen-bond donors (Lipinski definition) is 0. The summed E-state index contributed by atoms with van der Waals surface area (Å²) < 4.78 is 18.2. The second-order valence-corrected chi connectivity index (χ2v) is 4.52. The van der Waals surface area contributed by atoms with E-state index in [1.165, 1.54) is 0 Å². The molecular formula is C15H12N2O3. The molecule has 0 saturated heterocycles. The van der Waals surface area contributed by atoms with E-state index in [2.05, 4.69) is 4.98 Å². The maximum absolute atomic E-state index is 5.46. The normalized spacial score (nSPS) is 12.8. The number of fused-ring (bicyclic) bond motifs is 2. The van der Waals surface area contributed by atoms with Crippen LogP contribution in [0.2, 0.25) is 0 Å². The Kier molecular flexibility index (Phi) is 2.32. The molecular weight excluding hydrogens is 256 g/mol. The predicted molar refractivity (Wildman–Crippen MR) is 73.3 cm³/mol. The van der Waals surface area contributed by atoms with E-state index in [1.54, 1.807) is 13.3 Å². The summed E-state index contributed by atoms with van der Waals surface area (Å²) in [6.45, 7) is 0.252. The molecule has 2 aromatic heterocycles. The van der Waals surface area contributed by atoms with Crippen molar-refractivity contribution >= 4 is 5.65 Å². The van der Waals surface area contributed by atoms with Crippen molar-refractivity contribution < 1.29 is 14.2 Å². The zero-order valence-electron chi connectivity index (χ0n) is 10.9. The van der Waals surface area contributed by atoms with Gasteiger partial charge in [0.2, 0.25) is 6.79 Å². The monoisotopic (exact) mass is 268 g/mol. The molecule has 3 heterocycles. The molecule has 0 atom stereocenters. The Hall–Kier alpha value is -2.69. The molecule has 0 unspecified atom stereocenters. The van der Waals surface area contributed by atoms with Gasteiger partial charge in [0, 0.05) is 35.8 Å². The zero-order chi connectivity index (χ0) is 13.5. The van der Waals surface area contributed by atoms with Crippen molar-refractivity contribution in [1.82, 2.24) is 9.38 Å². The van der Waals surface area contributed by atoms with Crippen LogP contribution in [0.25, 0.3) is 16.8 Å². The van der Waals surface area contributed by atoms with Gasteiger partial charge in [0.05, 0.1) is 7.11 Å². The average Bonchev–Trinajstić information content (AvgIpc) is 3.13. The van der Waals surface area contributed by atoms with E-state index in [1.807, 2.05) is 41.1 Å². The van der Waals surface area contributed by atoms with Gasteiger partial charge in [0.15, 0.2) is 11.5 Å². The fraction of sp³-hybridized carbons (Fsp3) is 0.133. The topological polar surface area (TPSA) is 45.0 Å². The van der Waals surface area contributed by atoms with Gasteiger partial charge in [0.25, 0.3) is 0 Å². The van der Waals surface area contributed by atoms with Gasteiger partial charge in [-0.3, -0.25) is 0 Å². The molecule has 100 valence electrons.